The molecular formula is C4H8N10. The van der Waals surface area contributed by atoms with Crippen molar-refractivity contribution < 1.29 is 0 Å². The number of tetrazole rings is 2. The van der Waals surface area contributed by atoms with Crippen LogP contribution < -0.4 is 11.5 Å². The van der Waals surface area contributed by atoms with E-state index in [9.17, 15) is 0 Å². The number of hydrogen-bond donors (Lipinski definition) is 2. The molecule has 0 atom stereocenters. The largest absolute Gasteiger partial charge is 0.365 e. The van der Waals surface area contributed by atoms with Crippen LogP contribution in [0.25, 0.3) is 0 Å². The summed E-state index contributed by atoms with van der Waals surface area (Å²) in [6.45, 7) is 0.917. The molecule has 4 N–H and O–H groups in total. The quantitative estimate of drug-likeness (QED) is 0.550. The fourth-order valence-corrected chi connectivity index (χ4v) is 0.880. The Labute approximate surface area is 77.9 Å². The molecule has 0 aliphatic rings. The van der Waals surface area contributed by atoms with Gasteiger partial charge in [-0.25, -0.2) is 0 Å². The third-order valence-corrected chi connectivity index (χ3v) is 1.44. The molecule has 0 spiro atoms. The number of aryl methyl sites for hydroxylation is 2. The van der Waals surface area contributed by atoms with E-state index < -0.39 is 0 Å². The predicted molar refractivity (Wildman–Crippen MR) is 44.5 cm³/mol. The van der Waals surface area contributed by atoms with Gasteiger partial charge >= 0.3 is 0 Å². The first-order valence-electron chi connectivity index (χ1n) is 3.80. The van der Waals surface area contributed by atoms with Gasteiger partial charge in [-0.15, -0.1) is 10.2 Å². The number of nitrogen functional groups attached to an aromatic ring is 2. The zero-order valence-electron chi connectivity index (χ0n) is 7.15. The van der Waals surface area contributed by atoms with Gasteiger partial charge in [-0.3, -0.25) is 0 Å². The summed E-state index contributed by atoms with van der Waals surface area (Å²) < 4.78 is 0. The lowest BCUT2D eigenvalue weighted by Crippen LogP contribution is -2.12. The second kappa shape index (κ2) is 3.24. The van der Waals surface area contributed by atoms with Crippen LogP contribution in [0.1, 0.15) is 0 Å². The van der Waals surface area contributed by atoms with Crippen LogP contribution in [0.5, 0.6) is 0 Å². The lowest BCUT2D eigenvalue weighted by molar-refractivity contribution is 0.416. The van der Waals surface area contributed by atoms with Crippen molar-refractivity contribution in [3.63, 3.8) is 0 Å². The first-order valence-corrected chi connectivity index (χ1v) is 3.80. The molecule has 10 nitrogen and oxygen atoms in total. The Morgan fingerprint density at radius 1 is 0.857 bits per heavy atom. The van der Waals surface area contributed by atoms with E-state index in [2.05, 4.69) is 30.8 Å². The number of nitrogens with two attached hydrogens (primary N) is 2. The highest BCUT2D eigenvalue weighted by Crippen LogP contribution is 1.88. The van der Waals surface area contributed by atoms with Crippen LogP contribution in [-0.2, 0) is 13.1 Å². The van der Waals surface area contributed by atoms with Gasteiger partial charge in [0.2, 0.25) is 0 Å². The lowest BCUT2D eigenvalue weighted by Gasteiger charge is -1.95. The predicted octanol–water partition coefficient (Wildman–Crippen LogP) is -2.48. The molecule has 0 unspecified atom stereocenters. The van der Waals surface area contributed by atoms with Crippen molar-refractivity contribution in [2.45, 2.75) is 13.1 Å². The van der Waals surface area contributed by atoms with Gasteiger partial charge in [-0.1, -0.05) is 10.2 Å². The van der Waals surface area contributed by atoms with E-state index in [0.29, 0.717) is 13.1 Å². The summed E-state index contributed by atoms with van der Waals surface area (Å²) in [6, 6.07) is 0. The zero-order chi connectivity index (χ0) is 9.97. The van der Waals surface area contributed by atoms with Crippen molar-refractivity contribution in [3.05, 3.63) is 0 Å². The van der Waals surface area contributed by atoms with Crippen molar-refractivity contribution in [1.29, 1.82) is 0 Å². The summed E-state index contributed by atoms with van der Waals surface area (Å²) in [4.78, 5) is 2.68. The maximum atomic E-state index is 5.28. The minimum Gasteiger partial charge on any atom is -0.365 e. The van der Waals surface area contributed by atoms with Gasteiger partial charge < -0.3 is 11.5 Å². The van der Waals surface area contributed by atoms with Crippen LogP contribution in [0.4, 0.5) is 11.9 Å². The molecule has 0 aromatic carbocycles. The molecule has 2 aromatic rings. The molecule has 0 saturated heterocycles. The molecule has 2 heterocycles. The molecule has 0 saturated carbocycles. The molecule has 0 amide bonds. The highest BCUT2D eigenvalue weighted by molar-refractivity contribution is 5.06. The van der Waals surface area contributed by atoms with Gasteiger partial charge in [0.25, 0.3) is 11.9 Å². The van der Waals surface area contributed by atoms with E-state index in [4.69, 9.17) is 11.5 Å². The smallest absolute Gasteiger partial charge is 0.260 e. The van der Waals surface area contributed by atoms with E-state index in [1.54, 1.807) is 0 Å². The van der Waals surface area contributed by atoms with Crippen LogP contribution in [0.3, 0.4) is 0 Å². The van der Waals surface area contributed by atoms with E-state index in [1.165, 1.54) is 9.59 Å². The Hall–Kier alpha value is -2.26. The Bertz CT molecular complexity index is 373. The Kier molecular flexibility index (Phi) is 1.93. The van der Waals surface area contributed by atoms with E-state index in [1.807, 2.05) is 0 Å². The lowest BCUT2D eigenvalue weighted by atomic mass is 10.7. The van der Waals surface area contributed by atoms with Gasteiger partial charge in [0, 0.05) is 0 Å². The second-order valence-corrected chi connectivity index (χ2v) is 2.49. The summed E-state index contributed by atoms with van der Waals surface area (Å²) in [5, 5.41) is 21.9. The molecule has 0 fully saturated rings. The van der Waals surface area contributed by atoms with E-state index in [-0.39, 0.29) is 11.9 Å². The number of anilines is 2. The van der Waals surface area contributed by atoms with Crippen molar-refractivity contribution in [3.8, 4) is 0 Å². The molecule has 0 radical (unpaired) electrons. The summed E-state index contributed by atoms with van der Waals surface area (Å²) in [7, 11) is 0. The van der Waals surface area contributed by atoms with Gasteiger partial charge in [0.15, 0.2) is 0 Å². The topological polar surface area (TPSA) is 139 Å². The summed E-state index contributed by atoms with van der Waals surface area (Å²) in [6.07, 6.45) is 0. The maximum Gasteiger partial charge on any atom is 0.260 e. The molecular weight excluding hydrogens is 188 g/mol. The molecule has 0 aliphatic carbocycles. The van der Waals surface area contributed by atoms with Gasteiger partial charge in [0.05, 0.1) is 13.1 Å². The van der Waals surface area contributed by atoms with Gasteiger partial charge in [-0.2, -0.15) is 9.59 Å². The highest BCUT2D eigenvalue weighted by atomic mass is 15.6. The summed E-state index contributed by atoms with van der Waals surface area (Å²) in [5.41, 5.74) is 10.6. The fraction of sp³-hybridized carbons (Fsp3) is 0.500. The van der Waals surface area contributed by atoms with E-state index in [0.717, 1.165) is 0 Å². The zero-order valence-corrected chi connectivity index (χ0v) is 7.15. The van der Waals surface area contributed by atoms with Gasteiger partial charge in [0.1, 0.15) is 0 Å². The minimum absolute atomic E-state index is 0.135. The maximum absolute atomic E-state index is 5.28. The highest BCUT2D eigenvalue weighted by Gasteiger charge is 2.00. The molecule has 2 aromatic heterocycles. The van der Waals surface area contributed by atoms with Crippen molar-refractivity contribution in [1.82, 2.24) is 40.4 Å². The Morgan fingerprint density at radius 2 is 1.29 bits per heavy atom. The third kappa shape index (κ3) is 1.73. The first-order chi connectivity index (χ1) is 6.74. The monoisotopic (exact) mass is 196 g/mol. The fourth-order valence-electron chi connectivity index (χ4n) is 0.880. The average Bonchev–Trinajstić information content (AvgIpc) is 2.72. The van der Waals surface area contributed by atoms with Gasteiger partial charge in [-0.05, 0) is 10.4 Å². The van der Waals surface area contributed by atoms with Crippen LogP contribution in [0.15, 0.2) is 0 Å². The molecule has 0 aliphatic heterocycles. The average molecular weight is 196 g/mol. The third-order valence-electron chi connectivity index (χ3n) is 1.44. The molecule has 2 rings (SSSR count). The molecule has 14 heavy (non-hydrogen) atoms. The number of rotatable bonds is 3. The van der Waals surface area contributed by atoms with Crippen LogP contribution in [0.2, 0.25) is 0 Å². The SMILES string of the molecule is Nc1nnn(CCn2nnc(N)n2)n1. The molecule has 10 heteroatoms. The van der Waals surface area contributed by atoms with Crippen LogP contribution >= 0.6 is 0 Å². The van der Waals surface area contributed by atoms with Crippen molar-refractivity contribution in [2.75, 3.05) is 11.5 Å². The number of nitrogens with zero attached hydrogens (tertiary/aromatic N) is 8. The van der Waals surface area contributed by atoms with Crippen LogP contribution in [-0.4, -0.2) is 40.4 Å². The number of hydrogen-bond acceptors (Lipinski definition) is 8. The minimum atomic E-state index is 0.135. The molecule has 74 valence electrons. The Morgan fingerprint density at radius 3 is 1.57 bits per heavy atom. The van der Waals surface area contributed by atoms with Crippen LogP contribution in [0, 0.1) is 0 Å². The van der Waals surface area contributed by atoms with E-state index >= 15 is 0 Å². The first kappa shape index (κ1) is 8.34. The summed E-state index contributed by atoms with van der Waals surface area (Å²) in [5.74, 6) is 0.270. The second-order valence-electron chi connectivity index (χ2n) is 2.49. The van der Waals surface area contributed by atoms with Crippen molar-refractivity contribution in [2.24, 2.45) is 0 Å². The number of aromatic nitrogens is 8. The molecule has 0 bridgehead atoms. The summed E-state index contributed by atoms with van der Waals surface area (Å²) >= 11 is 0. The van der Waals surface area contributed by atoms with Crippen molar-refractivity contribution >= 4 is 11.9 Å². The normalized spacial score (nSPS) is 10.6. The Balaban J connectivity index is 1.94. The standard InChI is InChI=1S/C4H8N10/c5-3-7-11-13(9-3)1-2-14-10-4(6)8-12-14/h1-2H2,(H2,5,9)(H2,6,10).